The molecular weight excluding hydrogens is 396 g/mol. The number of anilines is 1. The van der Waals surface area contributed by atoms with Crippen LogP contribution < -0.4 is 10.6 Å². The molecule has 0 saturated heterocycles. The van der Waals surface area contributed by atoms with Gasteiger partial charge in [0.05, 0.1) is 5.56 Å². The summed E-state index contributed by atoms with van der Waals surface area (Å²) in [5, 5.41) is 5.38. The molecule has 0 saturated carbocycles. The molecule has 0 aliphatic rings. The van der Waals surface area contributed by atoms with Gasteiger partial charge in [0.25, 0.3) is 5.91 Å². The quantitative estimate of drug-likeness (QED) is 0.636. The van der Waals surface area contributed by atoms with Crippen molar-refractivity contribution in [2.75, 3.05) is 11.9 Å². The number of benzene rings is 2. The van der Waals surface area contributed by atoms with E-state index in [9.17, 15) is 14.4 Å². The molecule has 0 aromatic heterocycles. The maximum absolute atomic E-state index is 12.4. The number of ether oxygens (including phenoxy) is 2. The normalized spacial score (nSPS) is 12.9. The lowest BCUT2D eigenvalue weighted by Crippen LogP contribution is -2.37. The van der Waals surface area contributed by atoms with Gasteiger partial charge < -0.3 is 14.8 Å². The molecule has 0 radical (unpaired) electrons. The van der Waals surface area contributed by atoms with Gasteiger partial charge in [-0.2, -0.15) is 0 Å². The second-order valence-corrected chi connectivity index (χ2v) is 8.31. The Labute approximate surface area is 183 Å². The minimum Gasteiger partial charge on any atom is -0.449 e. The minimum atomic E-state index is -0.960. The highest BCUT2D eigenvalue weighted by Crippen LogP contribution is 2.16. The van der Waals surface area contributed by atoms with Crippen molar-refractivity contribution in [3.63, 3.8) is 0 Å². The lowest BCUT2D eigenvalue weighted by Gasteiger charge is -2.20. The number of carbonyl (C=O) groups is 3. The van der Waals surface area contributed by atoms with Crippen molar-refractivity contribution in [1.29, 1.82) is 0 Å². The molecule has 0 unspecified atom stereocenters. The molecule has 2 N–H and O–H groups in total. The summed E-state index contributed by atoms with van der Waals surface area (Å²) >= 11 is 0. The predicted molar refractivity (Wildman–Crippen MR) is 119 cm³/mol. The standard InChI is InChI=1S/C24H30N2O5/c1-16(18-10-7-6-8-11-18)15-25-21(27)17(2)30-22(28)19-12-9-13-20(14-19)26-23(29)31-24(3,4)5/h6-14,16-17H,15H2,1-5H3,(H,25,27)(H,26,29)/t16-,17-/m1/s1. The fraction of sp³-hybridized carbons (Fsp3) is 0.375. The Morgan fingerprint density at radius 3 is 2.29 bits per heavy atom. The van der Waals surface area contributed by atoms with Gasteiger partial charge in [0, 0.05) is 12.2 Å². The zero-order valence-electron chi connectivity index (χ0n) is 18.6. The molecule has 166 valence electrons. The first-order valence-electron chi connectivity index (χ1n) is 10.2. The predicted octanol–water partition coefficient (Wildman–Crippen LogP) is 4.50. The molecule has 0 bridgehead atoms. The number of rotatable bonds is 7. The summed E-state index contributed by atoms with van der Waals surface area (Å²) in [7, 11) is 0. The smallest absolute Gasteiger partial charge is 0.412 e. The molecule has 7 nitrogen and oxygen atoms in total. The van der Waals surface area contributed by atoms with Crippen molar-refractivity contribution < 1.29 is 23.9 Å². The average molecular weight is 427 g/mol. The Balaban J connectivity index is 1.89. The highest BCUT2D eigenvalue weighted by Gasteiger charge is 2.20. The van der Waals surface area contributed by atoms with Gasteiger partial charge >= 0.3 is 12.1 Å². The molecule has 0 heterocycles. The third-order valence-electron chi connectivity index (χ3n) is 4.35. The summed E-state index contributed by atoms with van der Waals surface area (Å²) in [5.41, 5.74) is 1.08. The fourth-order valence-corrected chi connectivity index (χ4v) is 2.72. The van der Waals surface area contributed by atoms with Crippen LogP contribution in [0.3, 0.4) is 0 Å². The zero-order chi connectivity index (χ0) is 23.0. The highest BCUT2D eigenvalue weighted by atomic mass is 16.6. The second kappa shape index (κ2) is 10.6. The van der Waals surface area contributed by atoms with Gasteiger partial charge in [-0.1, -0.05) is 43.3 Å². The minimum absolute atomic E-state index is 0.128. The summed E-state index contributed by atoms with van der Waals surface area (Å²) in [6.45, 7) is 9.23. The van der Waals surface area contributed by atoms with E-state index >= 15 is 0 Å². The molecule has 0 aliphatic heterocycles. The average Bonchev–Trinajstić information content (AvgIpc) is 2.71. The van der Waals surface area contributed by atoms with Crippen LogP contribution in [0.15, 0.2) is 54.6 Å². The first-order valence-corrected chi connectivity index (χ1v) is 10.2. The molecule has 2 amide bonds. The van der Waals surface area contributed by atoms with Crippen LogP contribution in [-0.2, 0) is 14.3 Å². The molecule has 2 aromatic rings. The van der Waals surface area contributed by atoms with Crippen LogP contribution in [0.4, 0.5) is 10.5 Å². The third kappa shape index (κ3) is 8.12. The van der Waals surface area contributed by atoms with Crippen LogP contribution in [-0.4, -0.2) is 36.2 Å². The lowest BCUT2D eigenvalue weighted by molar-refractivity contribution is -0.129. The molecular formula is C24H30N2O5. The second-order valence-electron chi connectivity index (χ2n) is 8.31. The Hall–Kier alpha value is -3.35. The van der Waals surface area contributed by atoms with E-state index in [1.54, 1.807) is 39.0 Å². The zero-order valence-corrected chi connectivity index (χ0v) is 18.6. The Morgan fingerprint density at radius 1 is 0.968 bits per heavy atom. The number of carbonyl (C=O) groups excluding carboxylic acids is 3. The van der Waals surface area contributed by atoms with E-state index in [1.165, 1.54) is 13.0 Å². The highest BCUT2D eigenvalue weighted by molar-refractivity contribution is 5.94. The third-order valence-corrected chi connectivity index (χ3v) is 4.35. The molecule has 0 spiro atoms. The van der Waals surface area contributed by atoms with Crippen molar-refractivity contribution in [2.24, 2.45) is 0 Å². The van der Waals surface area contributed by atoms with Gasteiger partial charge in [0.2, 0.25) is 0 Å². The van der Waals surface area contributed by atoms with Crippen molar-refractivity contribution in [1.82, 2.24) is 5.32 Å². The number of hydrogen-bond donors (Lipinski definition) is 2. The first-order chi connectivity index (χ1) is 14.5. The summed E-state index contributed by atoms with van der Waals surface area (Å²) in [6, 6.07) is 16.1. The molecule has 2 aromatic carbocycles. The molecule has 2 atom stereocenters. The van der Waals surface area contributed by atoms with Gasteiger partial charge in [0.15, 0.2) is 6.10 Å². The monoisotopic (exact) mass is 426 g/mol. The molecule has 2 rings (SSSR count). The van der Waals surface area contributed by atoms with Gasteiger partial charge in [-0.15, -0.1) is 0 Å². The lowest BCUT2D eigenvalue weighted by atomic mass is 10.0. The summed E-state index contributed by atoms with van der Waals surface area (Å²) in [4.78, 5) is 36.7. The molecule has 0 fully saturated rings. The van der Waals surface area contributed by atoms with E-state index in [-0.39, 0.29) is 17.4 Å². The Bertz CT molecular complexity index is 906. The number of esters is 1. The SMILES string of the molecule is C[C@H](CNC(=O)[C@@H](C)OC(=O)c1cccc(NC(=O)OC(C)(C)C)c1)c1ccccc1. The molecule has 0 aliphatic carbocycles. The topological polar surface area (TPSA) is 93.7 Å². The number of hydrogen-bond acceptors (Lipinski definition) is 5. The van der Waals surface area contributed by atoms with Crippen molar-refractivity contribution in [2.45, 2.75) is 52.2 Å². The van der Waals surface area contributed by atoms with Crippen molar-refractivity contribution in [3.05, 3.63) is 65.7 Å². The summed E-state index contributed by atoms with van der Waals surface area (Å²) in [6.07, 6.45) is -1.59. The summed E-state index contributed by atoms with van der Waals surface area (Å²) < 4.78 is 10.5. The van der Waals surface area contributed by atoms with Crippen molar-refractivity contribution >= 4 is 23.7 Å². The van der Waals surface area contributed by atoms with Crippen LogP contribution in [0.5, 0.6) is 0 Å². The van der Waals surface area contributed by atoms with Crippen LogP contribution in [0.2, 0.25) is 0 Å². The van der Waals surface area contributed by atoms with Crippen LogP contribution in [0, 0.1) is 0 Å². The Morgan fingerprint density at radius 2 is 1.65 bits per heavy atom. The fourth-order valence-electron chi connectivity index (χ4n) is 2.72. The van der Waals surface area contributed by atoms with E-state index in [4.69, 9.17) is 9.47 Å². The summed E-state index contributed by atoms with van der Waals surface area (Å²) in [5.74, 6) is -0.908. The maximum atomic E-state index is 12.4. The Kier molecular flexibility index (Phi) is 8.19. The molecule has 31 heavy (non-hydrogen) atoms. The van der Waals surface area contributed by atoms with E-state index < -0.39 is 23.8 Å². The van der Waals surface area contributed by atoms with E-state index in [0.717, 1.165) is 5.56 Å². The largest absolute Gasteiger partial charge is 0.449 e. The number of amides is 2. The van der Waals surface area contributed by atoms with E-state index in [1.807, 2.05) is 37.3 Å². The van der Waals surface area contributed by atoms with Gasteiger partial charge in [-0.3, -0.25) is 10.1 Å². The van der Waals surface area contributed by atoms with E-state index in [2.05, 4.69) is 10.6 Å². The first kappa shape index (κ1) is 23.9. The van der Waals surface area contributed by atoms with Crippen LogP contribution >= 0.6 is 0 Å². The maximum Gasteiger partial charge on any atom is 0.412 e. The number of nitrogens with one attached hydrogen (secondary N) is 2. The van der Waals surface area contributed by atoms with Crippen LogP contribution in [0.1, 0.15) is 56.5 Å². The van der Waals surface area contributed by atoms with Gasteiger partial charge in [-0.05, 0) is 57.4 Å². The van der Waals surface area contributed by atoms with Crippen molar-refractivity contribution in [3.8, 4) is 0 Å². The van der Waals surface area contributed by atoms with Gasteiger partial charge in [-0.25, -0.2) is 9.59 Å². The molecule has 7 heteroatoms. The van der Waals surface area contributed by atoms with E-state index in [0.29, 0.717) is 12.2 Å². The van der Waals surface area contributed by atoms with Gasteiger partial charge in [0.1, 0.15) is 5.60 Å². The van der Waals surface area contributed by atoms with Crippen LogP contribution in [0.25, 0.3) is 0 Å².